The van der Waals surface area contributed by atoms with E-state index in [2.05, 4.69) is 4.98 Å². The van der Waals surface area contributed by atoms with Crippen molar-refractivity contribution in [2.24, 2.45) is 5.92 Å². The Kier molecular flexibility index (Phi) is 4.73. The van der Waals surface area contributed by atoms with Gasteiger partial charge in [0, 0.05) is 17.7 Å². The SMILES string of the molecule is CC(C)C(=O)c1ncc(-c2cccc(CC(F)(F)F)c2)cc1N. The molecule has 0 unspecified atom stereocenters. The molecule has 0 bridgehead atoms. The molecule has 0 saturated heterocycles. The molecule has 1 aromatic carbocycles. The van der Waals surface area contributed by atoms with Gasteiger partial charge in [-0.3, -0.25) is 9.78 Å². The van der Waals surface area contributed by atoms with Gasteiger partial charge in [-0.05, 0) is 17.2 Å². The number of carbonyl (C=O) groups is 1. The van der Waals surface area contributed by atoms with Crippen molar-refractivity contribution in [1.29, 1.82) is 0 Å². The molecule has 0 spiro atoms. The maximum absolute atomic E-state index is 12.5. The third-order valence-electron chi connectivity index (χ3n) is 3.34. The van der Waals surface area contributed by atoms with Crippen molar-refractivity contribution < 1.29 is 18.0 Å². The van der Waals surface area contributed by atoms with E-state index in [0.717, 1.165) is 0 Å². The molecule has 0 radical (unpaired) electrons. The average Bonchev–Trinajstić information content (AvgIpc) is 2.44. The zero-order valence-electron chi connectivity index (χ0n) is 12.8. The molecule has 122 valence electrons. The number of Topliss-reactive ketones (excluding diaryl/α,β-unsaturated/α-hetero) is 1. The maximum Gasteiger partial charge on any atom is 0.393 e. The second-order valence-electron chi connectivity index (χ2n) is 5.67. The molecule has 0 atom stereocenters. The lowest BCUT2D eigenvalue weighted by Gasteiger charge is -2.11. The van der Waals surface area contributed by atoms with E-state index in [0.29, 0.717) is 11.1 Å². The first-order valence-electron chi connectivity index (χ1n) is 7.13. The maximum atomic E-state index is 12.5. The average molecular weight is 322 g/mol. The summed E-state index contributed by atoms with van der Waals surface area (Å²) in [4.78, 5) is 16.0. The fraction of sp³-hybridized carbons (Fsp3) is 0.294. The number of nitrogen functional groups attached to an aromatic ring is 1. The summed E-state index contributed by atoms with van der Waals surface area (Å²) in [6, 6.07) is 7.67. The predicted molar refractivity (Wildman–Crippen MR) is 83.0 cm³/mol. The molecule has 0 fully saturated rings. The second kappa shape index (κ2) is 6.40. The van der Waals surface area contributed by atoms with Gasteiger partial charge in [0.2, 0.25) is 0 Å². The Morgan fingerprint density at radius 1 is 1.22 bits per heavy atom. The molecule has 6 heteroatoms. The fourth-order valence-corrected chi connectivity index (χ4v) is 2.21. The number of halogens is 3. The largest absolute Gasteiger partial charge is 0.397 e. The molecule has 0 aliphatic carbocycles. The molecule has 3 nitrogen and oxygen atoms in total. The van der Waals surface area contributed by atoms with E-state index >= 15 is 0 Å². The van der Waals surface area contributed by atoms with Gasteiger partial charge < -0.3 is 5.73 Å². The Hall–Kier alpha value is -2.37. The van der Waals surface area contributed by atoms with Crippen LogP contribution in [0.3, 0.4) is 0 Å². The molecule has 0 aliphatic heterocycles. The third-order valence-corrected chi connectivity index (χ3v) is 3.34. The lowest BCUT2D eigenvalue weighted by Crippen LogP contribution is -2.12. The highest BCUT2D eigenvalue weighted by atomic mass is 19.4. The fourth-order valence-electron chi connectivity index (χ4n) is 2.21. The van der Waals surface area contributed by atoms with Crippen LogP contribution in [0.1, 0.15) is 29.9 Å². The van der Waals surface area contributed by atoms with E-state index in [-0.39, 0.29) is 28.6 Å². The van der Waals surface area contributed by atoms with E-state index in [1.807, 2.05) is 0 Å². The number of anilines is 1. The number of rotatable bonds is 4. The summed E-state index contributed by atoms with van der Waals surface area (Å²) in [5, 5.41) is 0. The van der Waals surface area contributed by atoms with E-state index in [4.69, 9.17) is 5.73 Å². The highest BCUT2D eigenvalue weighted by Gasteiger charge is 2.27. The smallest absolute Gasteiger partial charge is 0.393 e. The normalized spacial score (nSPS) is 11.7. The number of pyridine rings is 1. The minimum Gasteiger partial charge on any atom is -0.397 e. The third kappa shape index (κ3) is 4.31. The Labute approximate surface area is 132 Å². The number of nitrogens with two attached hydrogens (primary N) is 1. The lowest BCUT2D eigenvalue weighted by atomic mass is 10.00. The Balaban J connectivity index is 2.34. The van der Waals surface area contributed by atoms with Crippen LogP contribution in [0.5, 0.6) is 0 Å². The molecule has 1 aromatic heterocycles. The van der Waals surface area contributed by atoms with Gasteiger partial charge in [-0.1, -0.05) is 38.1 Å². The van der Waals surface area contributed by atoms with Crippen molar-refractivity contribution in [2.75, 3.05) is 5.73 Å². The Bertz CT molecular complexity index is 724. The van der Waals surface area contributed by atoms with Crippen LogP contribution in [0.2, 0.25) is 0 Å². The number of ketones is 1. The van der Waals surface area contributed by atoms with E-state index < -0.39 is 12.6 Å². The monoisotopic (exact) mass is 322 g/mol. The van der Waals surface area contributed by atoms with Crippen LogP contribution in [-0.2, 0) is 6.42 Å². The van der Waals surface area contributed by atoms with Crippen LogP contribution in [0.15, 0.2) is 36.5 Å². The first-order valence-corrected chi connectivity index (χ1v) is 7.13. The van der Waals surface area contributed by atoms with Gasteiger partial charge in [-0.15, -0.1) is 0 Å². The van der Waals surface area contributed by atoms with Crippen molar-refractivity contribution in [1.82, 2.24) is 4.98 Å². The van der Waals surface area contributed by atoms with Crippen LogP contribution in [0, 0.1) is 5.92 Å². The number of carbonyl (C=O) groups excluding carboxylic acids is 1. The zero-order valence-corrected chi connectivity index (χ0v) is 12.8. The summed E-state index contributed by atoms with van der Waals surface area (Å²) < 4.78 is 37.5. The molecule has 2 N–H and O–H groups in total. The van der Waals surface area contributed by atoms with Gasteiger partial charge in [-0.25, -0.2) is 0 Å². The van der Waals surface area contributed by atoms with Crippen molar-refractivity contribution >= 4 is 11.5 Å². The summed E-state index contributed by atoms with van der Waals surface area (Å²) in [6.07, 6.45) is -3.80. The highest BCUT2D eigenvalue weighted by Crippen LogP contribution is 2.27. The Morgan fingerprint density at radius 3 is 2.48 bits per heavy atom. The van der Waals surface area contributed by atoms with Crippen molar-refractivity contribution in [3.8, 4) is 11.1 Å². The Morgan fingerprint density at radius 2 is 1.91 bits per heavy atom. The van der Waals surface area contributed by atoms with Crippen LogP contribution in [0.4, 0.5) is 18.9 Å². The van der Waals surface area contributed by atoms with Gasteiger partial charge in [0.15, 0.2) is 5.78 Å². The van der Waals surface area contributed by atoms with E-state index in [9.17, 15) is 18.0 Å². The zero-order chi connectivity index (χ0) is 17.2. The van der Waals surface area contributed by atoms with E-state index in [1.165, 1.54) is 18.3 Å². The van der Waals surface area contributed by atoms with Crippen molar-refractivity contribution in [3.63, 3.8) is 0 Å². The summed E-state index contributed by atoms with van der Waals surface area (Å²) in [7, 11) is 0. The number of benzene rings is 1. The summed E-state index contributed by atoms with van der Waals surface area (Å²) in [5.41, 5.74) is 7.61. The van der Waals surface area contributed by atoms with Gasteiger partial charge >= 0.3 is 6.18 Å². The summed E-state index contributed by atoms with van der Waals surface area (Å²) >= 11 is 0. The topological polar surface area (TPSA) is 56.0 Å². The van der Waals surface area contributed by atoms with Crippen LogP contribution in [-0.4, -0.2) is 16.9 Å². The molecule has 0 amide bonds. The summed E-state index contributed by atoms with van der Waals surface area (Å²) in [5.74, 6) is -0.398. The molecule has 0 saturated carbocycles. The molecular weight excluding hydrogens is 305 g/mol. The quantitative estimate of drug-likeness (QED) is 0.855. The second-order valence-corrected chi connectivity index (χ2v) is 5.67. The summed E-state index contributed by atoms with van der Waals surface area (Å²) in [6.45, 7) is 3.50. The molecule has 1 heterocycles. The number of nitrogens with zero attached hydrogens (tertiary/aromatic N) is 1. The van der Waals surface area contributed by atoms with Gasteiger partial charge in [0.25, 0.3) is 0 Å². The number of aromatic nitrogens is 1. The van der Waals surface area contributed by atoms with Gasteiger partial charge in [-0.2, -0.15) is 13.2 Å². The van der Waals surface area contributed by atoms with Gasteiger partial charge in [0.05, 0.1) is 12.1 Å². The molecule has 2 rings (SSSR count). The first-order chi connectivity index (χ1) is 10.7. The number of hydrogen-bond acceptors (Lipinski definition) is 3. The highest BCUT2D eigenvalue weighted by molar-refractivity contribution is 6.00. The van der Waals surface area contributed by atoms with Crippen LogP contribution < -0.4 is 5.73 Å². The molecule has 2 aromatic rings. The first kappa shape index (κ1) is 17.0. The van der Waals surface area contributed by atoms with Crippen LogP contribution in [0.25, 0.3) is 11.1 Å². The minimum absolute atomic E-state index is 0.163. The standard InChI is InChI=1S/C17H17F3N2O/c1-10(2)16(23)15-14(21)7-13(9-22-15)12-5-3-4-11(6-12)8-17(18,19)20/h3-7,9-10H,8,21H2,1-2H3. The van der Waals surface area contributed by atoms with Gasteiger partial charge in [0.1, 0.15) is 5.69 Å². The number of hydrogen-bond donors (Lipinski definition) is 1. The van der Waals surface area contributed by atoms with Crippen LogP contribution >= 0.6 is 0 Å². The predicted octanol–water partition coefficient (Wildman–Crippen LogP) is 4.27. The number of alkyl halides is 3. The lowest BCUT2D eigenvalue weighted by molar-refractivity contribution is -0.127. The molecule has 23 heavy (non-hydrogen) atoms. The van der Waals surface area contributed by atoms with Crippen molar-refractivity contribution in [3.05, 3.63) is 47.8 Å². The van der Waals surface area contributed by atoms with E-state index in [1.54, 1.807) is 32.0 Å². The molecule has 0 aliphatic rings. The molecular formula is C17H17F3N2O. The van der Waals surface area contributed by atoms with Crippen molar-refractivity contribution in [2.45, 2.75) is 26.4 Å². The minimum atomic E-state index is -4.26.